The van der Waals surface area contributed by atoms with Crippen LogP contribution in [0, 0.1) is 5.82 Å². The molecule has 0 aliphatic carbocycles. The first-order valence-corrected chi connectivity index (χ1v) is 11.6. The van der Waals surface area contributed by atoms with E-state index >= 15 is 4.39 Å². The number of nitrogens with zero attached hydrogens (tertiary/aromatic N) is 4. The molecule has 4 aromatic rings. The van der Waals surface area contributed by atoms with Crippen LogP contribution in [0.2, 0.25) is 0 Å². The highest BCUT2D eigenvalue weighted by Gasteiger charge is 2.22. The molecule has 3 aromatic heterocycles. The molecule has 5 rings (SSSR count). The van der Waals surface area contributed by atoms with Crippen molar-refractivity contribution in [2.45, 2.75) is 45.2 Å². The van der Waals surface area contributed by atoms with Gasteiger partial charge in [-0.15, -0.1) is 5.10 Å². The van der Waals surface area contributed by atoms with Gasteiger partial charge in [-0.05, 0) is 36.2 Å². The maximum atomic E-state index is 15.1. The summed E-state index contributed by atoms with van der Waals surface area (Å²) < 4.78 is 15.1. The second-order valence-corrected chi connectivity index (χ2v) is 9.73. The third-order valence-electron chi connectivity index (χ3n) is 6.06. The average molecular weight is 478 g/mol. The lowest BCUT2D eigenvalue weighted by atomic mass is 9.96. The topological polar surface area (TPSA) is 136 Å². The van der Waals surface area contributed by atoms with Crippen molar-refractivity contribution in [2.24, 2.45) is 0 Å². The number of carbonyl (C=O) groups excluding carboxylic acids is 1. The fourth-order valence-electron chi connectivity index (χ4n) is 4.08. The maximum absolute atomic E-state index is 15.1. The summed E-state index contributed by atoms with van der Waals surface area (Å²) in [6, 6.07) is 7.10. The lowest BCUT2D eigenvalue weighted by Crippen LogP contribution is -2.24. The minimum Gasteiger partial charge on any atom is -0.364 e. The molecule has 1 atom stereocenters. The van der Waals surface area contributed by atoms with Crippen molar-refractivity contribution in [3.63, 3.8) is 0 Å². The number of fused-ring (bicyclic) bond motifs is 1. The van der Waals surface area contributed by atoms with E-state index in [1.165, 1.54) is 6.07 Å². The van der Waals surface area contributed by atoms with E-state index in [9.17, 15) is 4.79 Å². The van der Waals surface area contributed by atoms with Gasteiger partial charge in [-0.25, -0.2) is 14.4 Å². The number of hydrogen-bond acceptors (Lipinski definition) is 7. The summed E-state index contributed by atoms with van der Waals surface area (Å²) in [6.45, 7) is 7.75. The zero-order chi connectivity index (χ0) is 24.6. The smallest absolute Gasteiger partial charge is 0.291 e. The summed E-state index contributed by atoms with van der Waals surface area (Å²) in [5, 5.41) is 24.4. The highest BCUT2D eigenvalue weighted by Crippen LogP contribution is 2.33. The number of carbonyl (C=O) groups is 1. The highest BCUT2D eigenvalue weighted by atomic mass is 19.1. The number of rotatable bonds is 6. The molecule has 11 heteroatoms. The van der Waals surface area contributed by atoms with E-state index in [1.807, 2.05) is 32.9 Å². The molecule has 0 bridgehead atoms. The molecule has 1 amide bonds. The number of H-pyrrole nitrogens is 2. The van der Waals surface area contributed by atoms with Crippen LogP contribution in [-0.4, -0.2) is 55.4 Å². The molecule has 1 fully saturated rings. The zero-order valence-corrected chi connectivity index (χ0v) is 19.9. The van der Waals surface area contributed by atoms with Gasteiger partial charge in [0.2, 0.25) is 5.82 Å². The Morgan fingerprint density at radius 1 is 1.20 bits per heavy atom. The molecule has 182 valence electrons. The van der Waals surface area contributed by atoms with Crippen LogP contribution in [0.1, 0.15) is 49.2 Å². The van der Waals surface area contributed by atoms with E-state index in [2.05, 4.69) is 46.3 Å². The SMILES string of the molecule is CC(C)(C)c1nc(C(=O)NCc2ccc(-c3ccnc4[nH]nc(N[C@@H]5CCNC5)c34)cc2F)n[nH]1. The molecule has 0 saturated carbocycles. The Labute approximate surface area is 201 Å². The fraction of sp³-hybridized carbons (Fsp3) is 0.375. The Kier molecular flexibility index (Phi) is 5.93. The maximum Gasteiger partial charge on any atom is 0.291 e. The molecule has 0 unspecified atom stereocenters. The Morgan fingerprint density at radius 2 is 2.06 bits per heavy atom. The second kappa shape index (κ2) is 9.06. The third kappa shape index (κ3) is 4.72. The average Bonchev–Trinajstić information content (AvgIpc) is 3.59. The van der Waals surface area contributed by atoms with Crippen molar-refractivity contribution in [1.29, 1.82) is 0 Å². The Bertz CT molecular complexity index is 1370. The quantitative estimate of drug-likeness (QED) is 0.288. The third-order valence-corrected chi connectivity index (χ3v) is 6.06. The van der Waals surface area contributed by atoms with E-state index in [4.69, 9.17) is 0 Å². The summed E-state index contributed by atoms with van der Waals surface area (Å²) in [7, 11) is 0. The number of halogens is 1. The van der Waals surface area contributed by atoms with E-state index in [1.54, 1.807) is 12.3 Å². The van der Waals surface area contributed by atoms with Gasteiger partial charge in [-0.3, -0.25) is 15.0 Å². The Morgan fingerprint density at radius 3 is 2.77 bits per heavy atom. The van der Waals surface area contributed by atoms with Crippen LogP contribution in [0.5, 0.6) is 0 Å². The van der Waals surface area contributed by atoms with Crippen LogP contribution in [0.3, 0.4) is 0 Å². The van der Waals surface area contributed by atoms with Crippen LogP contribution < -0.4 is 16.0 Å². The van der Waals surface area contributed by atoms with E-state index < -0.39 is 11.7 Å². The highest BCUT2D eigenvalue weighted by molar-refractivity contribution is 6.00. The largest absolute Gasteiger partial charge is 0.364 e. The van der Waals surface area contributed by atoms with Gasteiger partial charge >= 0.3 is 0 Å². The molecular formula is C24H28FN9O. The van der Waals surface area contributed by atoms with Crippen molar-refractivity contribution in [3.8, 4) is 11.1 Å². The van der Waals surface area contributed by atoms with Gasteiger partial charge in [-0.2, -0.15) is 5.10 Å². The standard InChI is InChI=1S/C24H28FN9O/c1-24(2,3)23-30-21(33-34-23)22(35)28-11-14-5-4-13(10-17(14)25)16-7-9-27-19-18(16)20(32-31-19)29-15-6-8-26-12-15/h4-5,7,9-10,15,26H,6,8,11-12H2,1-3H3,(H,28,35)(H,30,33,34)(H2,27,29,31,32)/t15-/m1/s1. The predicted molar refractivity (Wildman–Crippen MR) is 130 cm³/mol. The van der Waals surface area contributed by atoms with Gasteiger partial charge in [0, 0.05) is 36.3 Å². The molecule has 5 N–H and O–H groups in total. The Hall–Kier alpha value is -3.86. The molecular weight excluding hydrogens is 449 g/mol. The number of aromatic nitrogens is 6. The molecule has 35 heavy (non-hydrogen) atoms. The van der Waals surface area contributed by atoms with Crippen LogP contribution in [0.25, 0.3) is 22.2 Å². The van der Waals surface area contributed by atoms with E-state index in [0.717, 1.165) is 30.5 Å². The number of pyridine rings is 1. The molecule has 1 aliphatic heterocycles. The summed E-state index contributed by atoms with van der Waals surface area (Å²) in [5.74, 6) is 0.458. The van der Waals surface area contributed by atoms with Crippen LogP contribution >= 0.6 is 0 Å². The van der Waals surface area contributed by atoms with Crippen molar-refractivity contribution in [3.05, 3.63) is 53.5 Å². The number of hydrogen-bond donors (Lipinski definition) is 5. The van der Waals surface area contributed by atoms with Gasteiger partial charge in [0.25, 0.3) is 5.91 Å². The van der Waals surface area contributed by atoms with Crippen LogP contribution in [0.4, 0.5) is 10.2 Å². The predicted octanol–water partition coefficient (Wildman–Crippen LogP) is 2.88. The van der Waals surface area contributed by atoms with Crippen LogP contribution in [-0.2, 0) is 12.0 Å². The Balaban J connectivity index is 1.34. The van der Waals surface area contributed by atoms with Crippen molar-refractivity contribution in [2.75, 3.05) is 18.4 Å². The van der Waals surface area contributed by atoms with Gasteiger partial charge in [-0.1, -0.05) is 32.9 Å². The number of amides is 1. The summed E-state index contributed by atoms with van der Waals surface area (Å²) in [5.41, 5.74) is 2.25. The molecule has 10 nitrogen and oxygen atoms in total. The van der Waals surface area contributed by atoms with Crippen molar-refractivity contribution >= 4 is 22.8 Å². The van der Waals surface area contributed by atoms with Crippen molar-refractivity contribution in [1.82, 2.24) is 41.0 Å². The van der Waals surface area contributed by atoms with Crippen LogP contribution in [0.15, 0.2) is 30.5 Å². The fourth-order valence-corrected chi connectivity index (χ4v) is 4.08. The lowest BCUT2D eigenvalue weighted by molar-refractivity contribution is 0.0940. The molecule has 1 aliphatic rings. The van der Waals surface area contributed by atoms with Gasteiger partial charge in [0.1, 0.15) is 11.6 Å². The van der Waals surface area contributed by atoms with Gasteiger partial charge in [0.05, 0.1) is 5.39 Å². The molecule has 4 heterocycles. The number of benzene rings is 1. The molecule has 1 saturated heterocycles. The first-order chi connectivity index (χ1) is 16.8. The molecule has 0 radical (unpaired) electrons. The number of nitrogens with one attached hydrogen (secondary N) is 5. The minimum atomic E-state index is -0.466. The van der Waals surface area contributed by atoms with E-state index in [0.29, 0.717) is 28.4 Å². The minimum absolute atomic E-state index is 0.0172. The normalized spacial score (nSPS) is 16.1. The number of anilines is 1. The van der Waals surface area contributed by atoms with E-state index in [-0.39, 0.29) is 23.8 Å². The van der Waals surface area contributed by atoms with Crippen molar-refractivity contribution < 1.29 is 9.18 Å². The summed E-state index contributed by atoms with van der Waals surface area (Å²) in [6.07, 6.45) is 2.68. The lowest BCUT2D eigenvalue weighted by Gasteiger charge is -2.13. The summed E-state index contributed by atoms with van der Waals surface area (Å²) >= 11 is 0. The molecule has 0 spiro atoms. The zero-order valence-electron chi connectivity index (χ0n) is 19.9. The van der Waals surface area contributed by atoms with Gasteiger partial charge < -0.3 is 16.0 Å². The monoisotopic (exact) mass is 477 g/mol. The second-order valence-electron chi connectivity index (χ2n) is 9.73. The first-order valence-electron chi connectivity index (χ1n) is 11.6. The van der Waals surface area contributed by atoms with Gasteiger partial charge in [0.15, 0.2) is 11.5 Å². The summed E-state index contributed by atoms with van der Waals surface area (Å²) in [4.78, 5) is 21.1. The molecule has 1 aromatic carbocycles. The number of aromatic amines is 2. The first kappa shape index (κ1) is 22.9.